The molecule has 2 amide bonds. The number of thioether (sulfide) groups is 1. The summed E-state index contributed by atoms with van der Waals surface area (Å²) in [5.74, 6) is 0.839. The highest BCUT2D eigenvalue weighted by Crippen LogP contribution is 2.26. The lowest BCUT2D eigenvalue weighted by atomic mass is 9.94. The number of hydrogen-bond acceptors (Lipinski definition) is 3. The summed E-state index contributed by atoms with van der Waals surface area (Å²) in [6.45, 7) is 4.45. The molecule has 0 radical (unpaired) electrons. The van der Waals surface area contributed by atoms with E-state index in [1.54, 1.807) is 28.8 Å². The number of hydrogen-bond donors (Lipinski definition) is 1. The summed E-state index contributed by atoms with van der Waals surface area (Å²) in [5.41, 5.74) is 5.48. The molecule has 1 fully saturated rings. The van der Waals surface area contributed by atoms with Crippen molar-refractivity contribution in [3.8, 4) is 0 Å². The molecule has 1 atom stereocenters. The van der Waals surface area contributed by atoms with Crippen LogP contribution in [-0.4, -0.2) is 34.6 Å². The number of carbonyl (C=O) groups is 2. The highest BCUT2D eigenvalue weighted by atomic mass is 35.5. The van der Waals surface area contributed by atoms with Crippen molar-refractivity contribution in [2.24, 2.45) is 0 Å². The highest BCUT2D eigenvalue weighted by Gasteiger charge is 2.32. The molecule has 0 spiro atoms. The number of carbonyl (C=O) groups excluding carboxylic acids is 2. The molecule has 0 aliphatic heterocycles. The average molecular weight is 598 g/mol. The third-order valence-corrected chi connectivity index (χ3v) is 9.06. The second-order valence-corrected chi connectivity index (χ2v) is 12.6. The van der Waals surface area contributed by atoms with E-state index in [1.807, 2.05) is 36.4 Å². The summed E-state index contributed by atoms with van der Waals surface area (Å²) in [6, 6.07) is 21.3. The Morgan fingerprint density at radius 1 is 0.875 bits per heavy atom. The number of nitrogens with zero attached hydrogens (tertiary/aromatic N) is 1. The van der Waals surface area contributed by atoms with Gasteiger partial charge in [0.15, 0.2) is 0 Å². The Hall–Kier alpha value is -2.47. The van der Waals surface area contributed by atoms with Gasteiger partial charge in [-0.1, -0.05) is 108 Å². The second kappa shape index (κ2) is 15.0. The quantitative estimate of drug-likeness (QED) is 0.244. The Labute approximate surface area is 252 Å². The molecule has 0 heterocycles. The lowest BCUT2D eigenvalue weighted by Gasteiger charge is -2.33. The van der Waals surface area contributed by atoms with Crippen LogP contribution in [-0.2, 0) is 28.3 Å². The van der Waals surface area contributed by atoms with Gasteiger partial charge in [0.25, 0.3) is 0 Å². The van der Waals surface area contributed by atoms with Gasteiger partial charge in [0.2, 0.25) is 11.8 Å². The van der Waals surface area contributed by atoms with Crippen LogP contribution in [0.2, 0.25) is 10.0 Å². The van der Waals surface area contributed by atoms with Crippen LogP contribution in [0.4, 0.5) is 0 Å². The van der Waals surface area contributed by atoms with Crippen molar-refractivity contribution in [2.75, 3.05) is 5.75 Å². The summed E-state index contributed by atoms with van der Waals surface area (Å²) >= 11 is 14.1. The molecule has 3 aromatic rings. The van der Waals surface area contributed by atoms with Gasteiger partial charge in [-0.15, -0.1) is 11.8 Å². The fourth-order valence-corrected chi connectivity index (χ4v) is 6.59. The number of nitrogens with one attached hydrogen (secondary N) is 1. The molecule has 40 heavy (non-hydrogen) atoms. The van der Waals surface area contributed by atoms with Crippen molar-refractivity contribution in [3.05, 3.63) is 105 Å². The first-order valence-corrected chi connectivity index (χ1v) is 15.9. The number of aryl methyl sites for hydroxylation is 2. The first-order valence-electron chi connectivity index (χ1n) is 14.0. The van der Waals surface area contributed by atoms with Crippen molar-refractivity contribution in [1.82, 2.24) is 10.2 Å². The van der Waals surface area contributed by atoms with E-state index in [1.165, 1.54) is 23.1 Å². The van der Waals surface area contributed by atoms with E-state index in [0.717, 1.165) is 42.6 Å². The van der Waals surface area contributed by atoms with E-state index in [0.29, 0.717) is 16.5 Å². The molecule has 1 aliphatic rings. The molecule has 3 aromatic carbocycles. The molecule has 0 unspecified atom stereocenters. The van der Waals surface area contributed by atoms with Crippen molar-refractivity contribution in [1.29, 1.82) is 0 Å². The van der Waals surface area contributed by atoms with Crippen LogP contribution in [0.3, 0.4) is 0 Å². The van der Waals surface area contributed by atoms with Gasteiger partial charge in [0.1, 0.15) is 6.04 Å². The summed E-state index contributed by atoms with van der Waals surface area (Å²) < 4.78 is 0. The van der Waals surface area contributed by atoms with Crippen LogP contribution in [0.15, 0.2) is 66.7 Å². The second-order valence-electron chi connectivity index (χ2n) is 10.8. The molecule has 1 aliphatic carbocycles. The van der Waals surface area contributed by atoms with Gasteiger partial charge in [-0.3, -0.25) is 9.59 Å². The Morgan fingerprint density at radius 3 is 2.25 bits per heavy atom. The van der Waals surface area contributed by atoms with E-state index in [4.69, 9.17) is 23.2 Å². The Morgan fingerprint density at radius 2 is 1.57 bits per heavy atom. The molecule has 7 heteroatoms. The van der Waals surface area contributed by atoms with Crippen molar-refractivity contribution in [2.45, 2.75) is 76.8 Å². The molecule has 0 saturated heterocycles. The fourth-order valence-electron chi connectivity index (χ4n) is 5.42. The molecule has 4 nitrogen and oxygen atoms in total. The maximum Gasteiger partial charge on any atom is 0.243 e. The molecule has 4 rings (SSSR count). The maximum atomic E-state index is 13.9. The van der Waals surface area contributed by atoms with E-state index in [2.05, 4.69) is 37.4 Å². The topological polar surface area (TPSA) is 49.4 Å². The van der Waals surface area contributed by atoms with E-state index < -0.39 is 6.04 Å². The zero-order valence-corrected chi connectivity index (χ0v) is 25.6. The zero-order valence-electron chi connectivity index (χ0n) is 23.3. The highest BCUT2D eigenvalue weighted by molar-refractivity contribution is 7.99. The maximum absolute atomic E-state index is 13.9. The molecule has 0 aromatic heterocycles. The lowest BCUT2D eigenvalue weighted by Crippen LogP contribution is -2.53. The van der Waals surface area contributed by atoms with Gasteiger partial charge in [-0.05, 0) is 55.5 Å². The summed E-state index contributed by atoms with van der Waals surface area (Å²) in [5, 5.41) is 4.18. The minimum atomic E-state index is -0.645. The molecular weight excluding hydrogens is 559 g/mol. The van der Waals surface area contributed by atoms with Gasteiger partial charge >= 0.3 is 0 Å². The molecule has 212 valence electrons. The normalized spacial score (nSPS) is 14.5. The number of halogens is 2. The van der Waals surface area contributed by atoms with E-state index in [9.17, 15) is 9.59 Å². The Balaban J connectivity index is 1.58. The van der Waals surface area contributed by atoms with Gasteiger partial charge in [0, 0.05) is 24.8 Å². The van der Waals surface area contributed by atoms with Crippen LogP contribution in [0, 0.1) is 13.8 Å². The lowest BCUT2D eigenvalue weighted by molar-refractivity contribution is -0.139. The first-order chi connectivity index (χ1) is 19.3. The van der Waals surface area contributed by atoms with Crippen molar-refractivity contribution >= 4 is 46.8 Å². The summed E-state index contributed by atoms with van der Waals surface area (Å²) in [7, 11) is 0. The largest absolute Gasteiger partial charge is 0.352 e. The van der Waals surface area contributed by atoms with Crippen molar-refractivity contribution in [3.63, 3.8) is 0 Å². The van der Waals surface area contributed by atoms with Crippen LogP contribution in [0.25, 0.3) is 0 Å². The Bertz CT molecular complexity index is 1270. The average Bonchev–Trinajstić information content (AvgIpc) is 2.93. The zero-order chi connectivity index (χ0) is 28.5. The molecule has 0 bridgehead atoms. The van der Waals surface area contributed by atoms with Gasteiger partial charge < -0.3 is 10.2 Å². The van der Waals surface area contributed by atoms with E-state index >= 15 is 0 Å². The fraction of sp³-hybridized carbons (Fsp3) is 0.394. The van der Waals surface area contributed by atoms with Crippen LogP contribution < -0.4 is 5.32 Å². The molecular formula is C33H38Cl2N2O2S. The summed E-state index contributed by atoms with van der Waals surface area (Å²) in [4.78, 5) is 29.5. The number of amides is 2. The number of rotatable bonds is 11. The van der Waals surface area contributed by atoms with Crippen LogP contribution >= 0.6 is 35.0 Å². The van der Waals surface area contributed by atoms with Crippen molar-refractivity contribution < 1.29 is 9.59 Å². The predicted octanol–water partition coefficient (Wildman–Crippen LogP) is 7.93. The third kappa shape index (κ3) is 9.02. The SMILES string of the molecule is Cc1cc(C)cc(CSCC(=O)N(Cc2ccc(Cl)c(Cl)c2)[C@@H](Cc2ccccc2)C(=O)NC2CCCCC2)c1. The smallest absolute Gasteiger partial charge is 0.243 e. The van der Waals surface area contributed by atoms with E-state index in [-0.39, 0.29) is 30.2 Å². The summed E-state index contributed by atoms with van der Waals surface area (Å²) in [6.07, 6.45) is 5.85. The third-order valence-electron chi connectivity index (χ3n) is 7.34. The predicted molar refractivity (Wildman–Crippen MR) is 168 cm³/mol. The standard InChI is InChI=1S/C33H38Cl2N2O2S/c1-23-15-24(2)17-27(16-23)21-40-22-32(38)37(20-26-13-14-29(34)30(35)18-26)31(19-25-9-5-3-6-10-25)33(39)36-28-11-7-4-8-12-28/h3,5-6,9-10,13-18,28,31H,4,7-8,11-12,19-22H2,1-2H3,(H,36,39)/t31-/m0/s1. The minimum absolute atomic E-state index is 0.0693. The van der Waals surface area contributed by atoms with Gasteiger partial charge in [-0.2, -0.15) is 0 Å². The van der Waals surface area contributed by atoms with Gasteiger partial charge in [-0.25, -0.2) is 0 Å². The monoisotopic (exact) mass is 596 g/mol. The first kappa shape index (κ1) is 30.5. The molecule has 1 saturated carbocycles. The minimum Gasteiger partial charge on any atom is -0.352 e. The van der Waals surface area contributed by atoms with Gasteiger partial charge in [0.05, 0.1) is 15.8 Å². The van der Waals surface area contributed by atoms with Crippen LogP contribution in [0.5, 0.6) is 0 Å². The Kier molecular flexibility index (Phi) is 11.4. The van der Waals surface area contributed by atoms with Crippen LogP contribution in [0.1, 0.15) is 59.9 Å². The molecule has 1 N–H and O–H groups in total. The number of benzene rings is 3.